The Balaban J connectivity index is 1.40. The first kappa shape index (κ1) is 19.0. The monoisotopic (exact) mass is 412 g/mol. The van der Waals surface area contributed by atoms with Crippen molar-refractivity contribution in [3.05, 3.63) is 17.5 Å². The van der Waals surface area contributed by atoms with Gasteiger partial charge in [0, 0.05) is 37.4 Å². The highest BCUT2D eigenvalue weighted by Gasteiger charge is 2.57. The molecular weight excluding hydrogens is 380 g/mol. The largest absolute Gasteiger partial charge is 0.390 e. The molecule has 7 nitrogen and oxygen atoms in total. The van der Waals surface area contributed by atoms with Gasteiger partial charge in [-0.05, 0) is 75.5 Å². The molecule has 6 aliphatic rings. The van der Waals surface area contributed by atoms with E-state index in [0.717, 1.165) is 69.8 Å². The highest BCUT2D eigenvalue weighted by Crippen LogP contribution is 2.57. The molecule has 30 heavy (non-hydrogen) atoms. The van der Waals surface area contributed by atoms with Crippen molar-refractivity contribution in [2.45, 2.75) is 81.4 Å². The molecule has 1 aliphatic heterocycles. The van der Waals surface area contributed by atoms with Crippen molar-refractivity contribution in [3.63, 3.8) is 0 Å². The smallest absolute Gasteiger partial charge is 0.252 e. The predicted octanol–water partition coefficient (Wildman–Crippen LogP) is 2.38. The van der Waals surface area contributed by atoms with Crippen LogP contribution in [0.25, 0.3) is 0 Å². The van der Waals surface area contributed by atoms with E-state index >= 15 is 0 Å². The summed E-state index contributed by atoms with van der Waals surface area (Å²) in [4.78, 5) is 24.2. The summed E-state index contributed by atoms with van der Waals surface area (Å²) in [5.41, 5.74) is 6.49. The molecule has 7 rings (SSSR count). The van der Waals surface area contributed by atoms with Crippen LogP contribution >= 0.6 is 0 Å². The minimum Gasteiger partial charge on any atom is -0.390 e. The van der Waals surface area contributed by atoms with Gasteiger partial charge in [-0.1, -0.05) is 0 Å². The summed E-state index contributed by atoms with van der Waals surface area (Å²) in [5, 5.41) is 11.1. The summed E-state index contributed by atoms with van der Waals surface area (Å²) in [6.07, 6.45) is 10.9. The number of hydrogen-bond donors (Lipinski definition) is 2. The van der Waals surface area contributed by atoms with E-state index in [9.17, 15) is 9.90 Å². The van der Waals surface area contributed by atoms with E-state index in [1.165, 1.54) is 12.8 Å². The van der Waals surface area contributed by atoms with Gasteiger partial charge in [-0.3, -0.25) is 4.79 Å². The van der Waals surface area contributed by atoms with E-state index in [0.29, 0.717) is 41.3 Å². The van der Waals surface area contributed by atoms with Crippen LogP contribution in [0.4, 0.5) is 5.95 Å². The third kappa shape index (κ3) is 3.12. The van der Waals surface area contributed by atoms with Gasteiger partial charge in [0.25, 0.3) is 5.91 Å². The molecule has 2 heterocycles. The number of primary amides is 1. The second-order valence-corrected chi connectivity index (χ2v) is 10.5. The number of carbonyl (C=O) groups excluding carboxylic acids is 1. The summed E-state index contributed by atoms with van der Waals surface area (Å²) < 4.78 is 5.66. The molecular formula is C23H32N4O3. The number of ether oxygens (including phenoxy) is 1. The quantitative estimate of drug-likeness (QED) is 0.770. The van der Waals surface area contributed by atoms with E-state index < -0.39 is 11.5 Å². The molecule has 1 amide bonds. The highest BCUT2D eigenvalue weighted by molar-refractivity contribution is 5.94. The number of rotatable bonds is 5. The molecule has 5 saturated carbocycles. The average molecular weight is 413 g/mol. The number of hydrogen-bond acceptors (Lipinski definition) is 6. The van der Waals surface area contributed by atoms with Crippen molar-refractivity contribution < 1.29 is 14.6 Å². The topological polar surface area (TPSA) is 102 Å². The zero-order valence-electron chi connectivity index (χ0n) is 17.5. The minimum absolute atomic E-state index is 0.338. The molecule has 0 aromatic carbocycles. The lowest BCUT2D eigenvalue weighted by atomic mass is 9.52. The Hall–Kier alpha value is -1.73. The van der Waals surface area contributed by atoms with Gasteiger partial charge in [0.15, 0.2) is 0 Å². The molecule has 6 fully saturated rings. The first-order valence-corrected chi connectivity index (χ1v) is 11.8. The van der Waals surface area contributed by atoms with Crippen LogP contribution in [-0.4, -0.2) is 51.9 Å². The van der Waals surface area contributed by atoms with Gasteiger partial charge in [0.05, 0.1) is 16.9 Å². The van der Waals surface area contributed by atoms with Crippen molar-refractivity contribution in [1.82, 2.24) is 9.97 Å². The molecule has 4 bridgehead atoms. The lowest BCUT2D eigenvalue weighted by Gasteiger charge is -2.61. The molecule has 1 aromatic rings. The van der Waals surface area contributed by atoms with Crippen molar-refractivity contribution in [1.29, 1.82) is 0 Å². The van der Waals surface area contributed by atoms with Crippen LogP contribution < -0.4 is 10.6 Å². The lowest BCUT2D eigenvalue weighted by molar-refractivity contribution is -0.135. The number of aliphatic hydroxyl groups is 1. The SMILES string of the molecule is NC(=O)c1cnc(N(C2CCOCC2)C2C3CC4CC2CC(O)(C4)C3)nc1C1CC1. The predicted molar refractivity (Wildman–Crippen MR) is 111 cm³/mol. The van der Waals surface area contributed by atoms with E-state index in [4.69, 9.17) is 20.4 Å². The van der Waals surface area contributed by atoms with Crippen molar-refractivity contribution in [3.8, 4) is 0 Å². The van der Waals surface area contributed by atoms with E-state index in [-0.39, 0.29) is 0 Å². The molecule has 7 heteroatoms. The van der Waals surface area contributed by atoms with Gasteiger partial charge in [-0.15, -0.1) is 0 Å². The fraction of sp³-hybridized carbons (Fsp3) is 0.783. The maximum atomic E-state index is 12.0. The molecule has 1 aromatic heterocycles. The molecule has 162 valence electrons. The Bertz CT molecular complexity index is 835. The Morgan fingerprint density at radius 1 is 1.13 bits per heavy atom. The van der Waals surface area contributed by atoms with E-state index in [1.54, 1.807) is 6.20 Å². The molecule has 5 aliphatic carbocycles. The summed E-state index contributed by atoms with van der Waals surface area (Å²) in [5.74, 6) is 2.32. The van der Waals surface area contributed by atoms with Crippen LogP contribution in [0.2, 0.25) is 0 Å². The minimum atomic E-state index is -0.454. The van der Waals surface area contributed by atoms with Crippen LogP contribution in [-0.2, 0) is 4.74 Å². The van der Waals surface area contributed by atoms with Crippen molar-refractivity contribution >= 4 is 11.9 Å². The molecule has 1 saturated heterocycles. The number of aromatic nitrogens is 2. The van der Waals surface area contributed by atoms with Crippen LogP contribution in [0.3, 0.4) is 0 Å². The van der Waals surface area contributed by atoms with Gasteiger partial charge >= 0.3 is 0 Å². The highest BCUT2D eigenvalue weighted by atomic mass is 16.5. The van der Waals surface area contributed by atoms with Gasteiger partial charge in [0.1, 0.15) is 0 Å². The normalized spacial score (nSPS) is 38.0. The van der Waals surface area contributed by atoms with Gasteiger partial charge in [-0.2, -0.15) is 0 Å². The summed E-state index contributed by atoms with van der Waals surface area (Å²) in [7, 11) is 0. The fourth-order valence-electron chi connectivity index (χ4n) is 7.28. The molecule has 0 spiro atoms. The second-order valence-electron chi connectivity index (χ2n) is 10.5. The summed E-state index contributed by atoms with van der Waals surface area (Å²) in [6.45, 7) is 1.54. The lowest BCUT2D eigenvalue weighted by Crippen LogP contribution is -2.64. The van der Waals surface area contributed by atoms with Crippen molar-refractivity contribution in [2.24, 2.45) is 23.5 Å². The second kappa shape index (κ2) is 6.89. The number of nitrogens with two attached hydrogens (primary N) is 1. The Kier molecular flexibility index (Phi) is 4.36. The van der Waals surface area contributed by atoms with E-state index in [2.05, 4.69) is 4.90 Å². The maximum Gasteiger partial charge on any atom is 0.252 e. The van der Waals surface area contributed by atoms with Gasteiger partial charge < -0.3 is 20.5 Å². The Labute approximate surface area is 177 Å². The standard InChI is InChI=1S/C23H32N4O3/c24-21(28)18-12-25-22(26-19(18)14-1-2-14)27(17-3-5-30-6-4-17)20-15-7-13-8-16(20)11-23(29,9-13)10-15/h12-17,20,29H,1-11H2,(H2,24,28). The molecule has 3 N–H and O–H groups in total. The zero-order chi connectivity index (χ0) is 20.5. The van der Waals surface area contributed by atoms with Crippen LogP contribution in [0.1, 0.15) is 79.8 Å². The first-order valence-electron chi connectivity index (χ1n) is 11.8. The van der Waals surface area contributed by atoms with Crippen molar-refractivity contribution in [2.75, 3.05) is 18.1 Å². The fourth-order valence-corrected chi connectivity index (χ4v) is 7.28. The Morgan fingerprint density at radius 3 is 2.43 bits per heavy atom. The zero-order valence-corrected chi connectivity index (χ0v) is 17.5. The third-order valence-electron chi connectivity index (χ3n) is 8.36. The summed E-state index contributed by atoms with van der Waals surface area (Å²) in [6, 6.07) is 0.721. The van der Waals surface area contributed by atoms with Crippen LogP contribution in [0, 0.1) is 17.8 Å². The number of anilines is 1. The van der Waals surface area contributed by atoms with Crippen LogP contribution in [0.15, 0.2) is 6.20 Å². The van der Waals surface area contributed by atoms with Gasteiger partial charge in [-0.25, -0.2) is 9.97 Å². The number of carbonyl (C=O) groups is 1. The molecule has 2 atom stereocenters. The van der Waals surface area contributed by atoms with Gasteiger partial charge in [0.2, 0.25) is 5.95 Å². The molecule has 0 radical (unpaired) electrons. The Morgan fingerprint density at radius 2 is 1.83 bits per heavy atom. The number of amides is 1. The average Bonchev–Trinajstić information content (AvgIpc) is 3.55. The molecule has 2 unspecified atom stereocenters. The van der Waals surface area contributed by atoms with Crippen LogP contribution in [0.5, 0.6) is 0 Å². The number of nitrogens with zero attached hydrogens (tertiary/aromatic N) is 3. The van der Waals surface area contributed by atoms with E-state index in [1.807, 2.05) is 0 Å². The third-order valence-corrected chi connectivity index (χ3v) is 8.36. The first-order chi connectivity index (χ1) is 14.5. The summed E-state index contributed by atoms with van der Waals surface area (Å²) >= 11 is 0. The maximum absolute atomic E-state index is 12.0.